The summed E-state index contributed by atoms with van der Waals surface area (Å²) in [5.74, 6) is -0.343. The second-order valence-electron chi connectivity index (χ2n) is 4.21. The molecule has 1 atom stereocenters. The Morgan fingerprint density at radius 1 is 1.53 bits per heavy atom. The SMILES string of the molecule is CCc1cc(C(=O)OC)c(NC(=S)NC(C)CC)s1. The number of ether oxygens (including phenoxy) is 1. The maximum Gasteiger partial charge on any atom is 0.340 e. The zero-order chi connectivity index (χ0) is 14.4. The molecule has 1 rings (SSSR count). The third kappa shape index (κ3) is 4.47. The van der Waals surface area contributed by atoms with E-state index < -0.39 is 0 Å². The normalized spacial score (nSPS) is 11.8. The molecule has 1 aromatic rings. The largest absolute Gasteiger partial charge is 0.465 e. The van der Waals surface area contributed by atoms with Gasteiger partial charge in [-0.15, -0.1) is 11.3 Å². The summed E-state index contributed by atoms with van der Waals surface area (Å²) in [6.45, 7) is 6.19. The van der Waals surface area contributed by atoms with Gasteiger partial charge in [0.2, 0.25) is 0 Å². The summed E-state index contributed by atoms with van der Waals surface area (Å²) >= 11 is 6.77. The van der Waals surface area contributed by atoms with E-state index in [0.717, 1.165) is 22.7 Å². The highest BCUT2D eigenvalue weighted by molar-refractivity contribution is 7.80. The van der Waals surface area contributed by atoms with Crippen molar-refractivity contribution in [2.45, 2.75) is 39.7 Å². The number of rotatable bonds is 5. The van der Waals surface area contributed by atoms with Crippen LogP contribution < -0.4 is 10.6 Å². The lowest BCUT2D eigenvalue weighted by Crippen LogP contribution is -2.35. The van der Waals surface area contributed by atoms with Crippen molar-refractivity contribution in [2.75, 3.05) is 12.4 Å². The van der Waals surface area contributed by atoms with Crippen molar-refractivity contribution in [3.8, 4) is 0 Å². The summed E-state index contributed by atoms with van der Waals surface area (Å²) < 4.78 is 4.78. The van der Waals surface area contributed by atoms with Crippen LogP contribution in [0.3, 0.4) is 0 Å². The van der Waals surface area contributed by atoms with E-state index in [1.165, 1.54) is 18.4 Å². The van der Waals surface area contributed by atoms with E-state index in [9.17, 15) is 4.79 Å². The number of methoxy groups -OCH3 is 1. The summed E-state index contributed by atoms with van der Waals surface area (Å²) in [4.78, 5) is 12.8. The molecule has 0 saturated heterocycles. The van der Waals surface area contributed by atoms with Gasteiger partial charge in [-0.2, -0.15) is 0 Å². The predicted molar refractivity (Wildman–Crippen MR) is 84.1 cm³/mol. The first kappa shape index (κ1) is 15.9. The number of esters is 1. The monoisotopic (exact) mass is 300 g/mol. The zero-order valence-corrected chi connectivity index (χ0v) is 13.3. The van der Waals surface area contributed by atoms with Crippen LogP contribution >= 0.6 is 23.6 Å². The van der Waals surface area contributed by atoms with Crippen LogP contribution in [0, 0.1) is 0 Å². The lowest BCUT2D eigenvalue weighted by Gasteiger charge is -2.14. The summed E-state index contributed by atoms with van der Waals surface area (Å²) in [7, 11) is 1.38. The molecule has 1 heterocycles. The van der Waals surface area contributed by atoms with Crippen molar-refractivity contribution in [3.05, 3.63) is 16.5 Å². The van der Waals surface area contributed by atoms with Crippen molar-refractivity contribution in [1.29, 1.82) is 0 Å². The molecule has 1 aromatic heterocycles. The molecule has 1 unspecified atom stereocenters. The fraction of sp³-hybridized carbons (Fsp3) is 0.538. The quantitative estimate of drug-likeness (QED) is 0.646. The summed E-state index contributed by atoms with van der Waals surface area (Å²) in [5.41, 5.74) is 0.539. The minimum Gasteiger partial charge on any atom is -0.465 e. The minimum atomic E-state index is -0.343. The van der Waals surface area contributed by atoms with Gasteiger partial charge >= 0.3 is 5.97 Å². The first-order valence-electron chi connectivity index (χ1n) is 6.30. The Morgan fingerprint density at radius 3 is 2.74 bits per heavy atom. The number of anilines is 1. The number of thiophene rings is 1. The molecule has 0 bridgehead atoms. The van der Waals surface area contributed by atoms with Crippen molar-refractivity contribution < 1.29 is 9.53 Å². The third-order valence-corrected chi connectivity index (χ3v) is 4.17. The second kappa shape index (κ2) is 7.45. The number of thiocarbonyl (C=S) groups is 1. The molecule has 0 aliphatic carbocycles. The minimum absolute atomic E-state index is 0.298. The number of carbonyl (C=O) groups is 1. The van der Waals surface area contributed by atoms with Crippen LogP contribution in [-0.2, 0) is 11.2 Å². The Balaban J connectivity index is 2.84. The first-order chi connectivity index (χ1) is 9.01. The molecular weight excluding hydrogens is 280 g/mol. The van der Waals surface area contributed by atoms with Crippen LogP contribution in [0.15, 0.2) is 6.07 Å². The molecule has 2 N–H and O–H groups in total. The van der Waals surface area contributed by atoms with Gasteiger partial charge in [0, 0.05) is 10.9 Å². The molecule has 19 heavy (non-hydrogen) atoms. The van der Waals surface area contributed by atoms with E-state index in [1.54, 1.807) is 0 Å². The van der Waals surface area contributed by atoms with Gasteiger partial charge in [0.25, 0.3) is 0 Å². The molecule has 106 valence electrons. The zero-order valence-electron chi connectivity index (χ0n) is 11.7. The average Bonchev–Trinajstić information content (AvgIpc) is 2.80. The van der Waals surface area contributed by atoms with Gasteiger partial charge in [0.1, 0.15) is 5.00 Å². The van der Waals surface area contributed by atoms with Crippen molar-refractivity contribution in [1.82, 2.24) is 5.32 Å². The maximum atomic E-state index is 11.7. The summed E-state index contributed by atoms with van der Waals surface area (Å²) in [5, 5.41) is 7.52. The van der Waals surface area contributed by atoms with Gasteiger partial charge in [0.05, 0.1) is 12.7 Å². The number of nitrogens with one attached hydrogen (secondary N) is 2. The van der Waals surface area contributed by atoms with E-state index in [1.807, 2.05) is 13.0 Å². The second-order valence-corrected chi connectivity index (χ2v) is 5.75. The van der Waals surface area contributed by atoms with Gasteiger partial charge in [-0.1, -0.05) is 13.8 Å². The van der Waals surface area contributed by atoms with Gasteiger partial charge in [0.15, 0.2) is 5.11 Å². The van der Waals surface area contributed by atoms with E-state index >= 15 is 0 Å². The average molecular weight is 300 g/mol. The van der Waals surface area contributed by atoms with E-state index in [4.69, 9.17) is 17.0 Å². The van der Waals surface area contributed by atoms with Crippen molar-refractivity contribution in [3.63, 3.8) is 0 Å². The Morgan fingerprint density at radius 2 is 2.21 bits per heavy atom. The van der Waals surface area contributed by atoms with Crippen LogP contribution in [0.1, 0.15) is 42.4 Å². The fourth-order valence-electron chi connectivity index (χ4n) is 1.44. The molecule has 6 heteroatoms. The molecule has 0 amide bonds. The van der Waals surface area contributed by atoms with Crippen LogP contribution in [0.5, 0.6) is 0 Å². The molecule has 0 aromatic carbocycles. The summed E-state index contributed by atoms with van der Waals surface area (Å²) in [6.07, 6.45) is 1.86. The highest BCUT2D eigenvalue weighted by atomic mass is 32.1. The highest BCUT2D eigenvalue weighted by Crippen LogP contribution is 2.29. The molecule has 0 fully saturated rings. The molecule has 0 aliphatic rings. The smallest absolute Gasteiger partial charge is 0.340 e. The van der Waals surface area contributed by atoms with Crippen LogP contribution in [0.2, 0.25) is 0 Å². The Bertz CT molecular complexity index is 457. The Hall–Kier alpha value is -1.14. The van der Waals surface area contributed by atoms with Gasteiger partial charge < -0.3 is 15.4 Å². The maximum absolute atomic E-state index is 11.7. The van der Waals surface area contributed by atoms with E-state index in [0.29, 0.717) is 16.7 Å². The van der Waals surface area contributed by atoms with Gasteiger partial charge in [-0.3, -0.25) is 0 Å². The summed E-state index contributed by atoms with van der Waals surface area (Å²) in [6, 6.07) is 2.15. The molecule has 0 spiro atoms. The Labute approximate surface area is 123 Å². The topological polar surface area (TPSA) is 50.4 Å². The van der Waals surface area contributed by atoms with Crippen LogP contribution in [-0.4, -0.2) is 24.2 Å². The third-order valence-electron chi connectivity index (χ3n) is 2.75. The van der Waals surface area contributed by atoms with Crippen molar-refractivity contribution in [2.24, 2.45) is 0 Å². The van der Waals surface area contributed by atoms with Crippen LogP contribution in [0.25, 0.3) is 0 Å². The highest BCUT2D eigenvalue weighted by Gasteiger charge is 2.17. The molecule has 0 saturated carbocycles. The lowest BCUT2D eigenvalue weighted by molar-refractivity contribution is 0.0602. The van der Waals surface area contributed by atoms with Gasteiger partial charge in [-0.25, -0.2) is 4.79 Å². The number of carbonyl (C=O) groups excluding carboxylic acids is 1. The Kier molecular flexibility index (Phi) is 6.24. The van der Waals surface area contributed by atoms with Gasteiger partial charge in [-0.05, 0) is 38.0 Å². The molecule has 0 radical (unpaired) electrons. The van der Waals surface area contributed by atoms with E-state index in [-0.39, 0.29) is 5.97 Å². The van der Waals surface area contributed by atoms with E-state index in [2.05, 4.69) is 24.5 Å². The predicted octanol–water partition coefficient (Wildman–Crippen LogP) is 3.18. The molecular formula is C13H20N2O2S2. The standard InChI is InChI=1S/C13H20N2O2S2/c1-5-8(3)14-13(18)15-11-10(12(16)17-4)7-9(6-2)19-11/h7-8H,5-6H2,1-4H3,(H2,14,15,18). The molecule has 0 aliphatic heterocycles. The first-order valence-corrected chi connectivity index (χ1v) is 7.52. The fourth-order valence-corrected chi connectivity index (χ4v) is 2.79. The lowest BCUT2D eigenvalue weighted by atomic mass is 10.2. The molecule has 4 nitrogen and oxygen atoms in total. The number of hydrogen-bond acceptors (Lipinski definition) is 4. The van der Waals surface area contributed by atoms with Crippen LogP contribution in [0.4, 0.5) is 5.00 Å². The van der Waals surface area contributed by atoms with Crippen molar-refractivity contribution >= 4 is 39.6 Å². The number of aryl methyl sites for hydroxylation is 1. The number of hydrogen-bond donors (Lipinski definition) is 2.